The number of carboxylic acids is 1. The molecule has 1 saturated carbocycles. The Balaban J connectivity index is 1.99. The van der Waals surface area contributed by atoms with E-state index in [0.717, 1.165) is 64.4 Å². The number of rotatable bonds is 15. The van der Waals surface area contributed by atoms with Gasteiger partial charge < -0.3 is 14.6 Å². The highest BCUT2D eigenvalue weighted by Gasteiger charge is 2.42. The molecule has 0 aromatic heterocycles. The van der Waals surface area contributed by atoms with Gasteiger partial charge in [-0.05, 0) is 62.9 Å². The van der Waals surface area contributed by atoms with Gasteiger partial charge in [-0.25, -0.2) is 0 Å². The van der Waals surface area contributed by atoms with Crippen LogP contribution < -0.4 is 0 Å². The molecule has 1 heterocycles. The van der Waals surface area contributed by atoms with Gasteiger partial charge >= 0.3 is 5.97 Å². The average molecular weight is 483 g/mol. The molecule has 2 fully saturated rings. The molecule has 2 aliphatic rings. The van der Waals surface area contributed by atoms with E-state index in [1.54, 1.807) is 6.08 Å². The summed E-state index contributed by atoms with van der Waals surface area (Å²) >= 11 is 6.77. The standard InChI is InChI=1S/C27H43ClO5/c1-3-4-11-20(2)18-21(29)15-16-23-22(12-7-5-6-8-13-26(30)31)24(28)19-25(23)33-27-14-9-10-17-32-27/h5,7,15-16,20,22-25,27H,3-4,6,8-14,17-19H2,1-2H3,(H,30,31)/b7-5-,16-15+/t20-,22+,23-,24-,25+,27?/m0/s1. The maximum atomic E-state index is 12.6. The van der Waals surface area contributed by atoms with Crippen molar-refractivity contribution in [2.75, 3.05) is 6.61 Å². The lowest BCUT2D eigenvalue weighted by molar-refractivity contribution is -0.192. The molecule has 1 saturated heterocycles. The van der Waals surface area contributed by atoms with E-state index in [-0.39, 0.29) is 41.8 Å². The first-order chi connectivity index (χ1) is 15.9. The van der Waals surface area contributed by atoms with E-state index in [2.05, 4.69) is 19.9 Å². The van der Waals surface area contributed by atoms with Gasteiger partial charge in [-0.3, -0.25) is 9.59 Å². The summed E-state index contributed by atoms with van der Waals surface area (Å²) in [5.41, 5.74) is 0. The molecule has 188 valence electrons. The number of hydrogen-bond donors (Lipinski definition) is 1. The van der Waals surface area contributed by atoms with Gasteiger partial charge in [0, 0.05) is 30.7 Å². The molecular formula is C27H43ClO5. The van der Waals surface area contributed by atoms with Crippen LogP contribution in [0.5, 0.6) is 0 Å². The fourth-order valence-electron chi connectivity index (χ4n) is 4.83. The summed E-state index contributed by atoms with van der Waals surface area (Å²) in [6, 6.07) is 0. The van der Waals surface area contributed by atoms with Crippen molar-refractivity contribution in [2.45, 2.75) is 109 Å². The highest BCUT2D eigenvalue weighted by Crippen LogP contribution is 2.42. The number of alkyl halides is 1. The van der Waals surface area contributed by atoms with Gasteiger partial charge in [0.2, 0.25) is 0 Å². The smallest absolute Gasteiger partial charge is 0.303 e. The van der Waals surface area contributed by atoms with Gasteiger partial charge in [-0.15, -0.1) is 11.6 Å². The third kappa shape index (κ3) is 10.7. The molecule has 33 heavy (non-hydrogen) atoms. The quantitative estimate of drug-likeness (QED) is 0.122. The Kier molecular flexibility index (Phi) is 13.3. The van der Waals surface area contributed by atoms with Crippen LogP contribution in [-0.4, -0.2) is 41.2 Å². The topological polar surface area (TPSA) is 72.8 Å². The number of carboxylic acid groups (broad SMARTS) is 1. The summed E-state index contributed by atoms with van der Waals surface area (Å²) in [4.78, 5) is 23.3. The molecule has 1 aliphatic carbocycles. The first kappa shape index (κ1) is 28.1. The molecule has 0 spiro atoms. The summed E-state index contributed by atoms with van der Waals surface area (Å²) in [6.45, 7) is 5.06. The maximum Gasteiger partial charge on any atom is 0.303 e. The van der Waals surface area contributed by atoms with Crippen molar-refractivity contribution in [3.8, 4) is 0 Å². The number of ether oxygens (including phenoxy) is 2. The van der Waals surface area contributed by atoms with Gasteiger partial charge in [-0.2, -0.15) is 0 Å². The summed E-state index contributed by atoms with van der Waals surface area (Å²) in [7, 11) is 0. The Morgan fingerprint density at radius 3 is 2.76 bits per heavy atom. The van der Waals surface area contributed by atoms with Crippen molar-refractivity contribution in [3.63, 3.8) is 0 Å². The lowest BCUT2D eigenvalue weighted by Crippen LogP contribution is -2.30. The lowest BCUT2D eigenvalue weighted by atomic mass is 9.90. The molecule has 0 radical (unpaired) electrons. The van der Waals surface area contributed by atoms with E-state index in [4.69, 9.17) is 26.2 Å². The molecular weight excluding hydrogens is 440 g/mol. The predicted octanol–water partition coefficient (Wildman–Crippen LogP) is 6.68. The van der Waals surface area contributed by atoms with Gasteiger partial charge in [-0.1, -0.05) is 51.3 Å². The minimum absolute atomic E-state index is 0.0320. The van der Waals surface area contributed by atoms with Crippen molar-refractivity contribution in [3.05, 3.63) is 24.3 Å². The van der Waals surface area contributed by atoms with E-state index < -0.39 is 5.97 Å². The van der Waals surface area contributed by atoms with Gasteiger partial charge in [0.05, 0.1) is 6.10 Å². The summed E-state index contributed by atoms with van der Waals surface area (Å²) < 4.78 is 12.1. The third-order valence-corrected chi connectivity index (χ3v) is 7.25. The van der Waals surface area contributed by atoms with E-state index >= 15 is 0 Å². The minimum Gasteiger partial charge on any atom is -0.481 e. The normalized spacial score (nSPS) is 29.1. The number of hydrogen-bond acceptors (Lipinski definition) is 4. The average Bonchev–Trinajstić information content (AvgIpc) is 3.07. The zero-order valence-electron chi connectivity index (χ0n) is 20.4. The maximum absolute atomic E-state index is 12.6. The van der Waals surface area contributed by atoms with Crippen molar-refractivity contribution in [1.29, 1.82) is 0 Å². The van der Waals surface area contributed by atoms with Gasteiger partial charge in [0.25, 0.3) is 0 Å². The zero-order valence-corrected chi connectivity index (χ0v) is 21.2. The number of carbonyl (C=O) groups excluding carboxylic acids is 1. The Hall–Kier alpha value is -1.17. The van der Waals surface area contributed by atoms with Crippen LogP contribution in [0.25, 0.3) is 0 Å². The third-order valence-electron chi connectivity index (χ3n) is 6.75. The van der Waals surface area contributed by atoms with Crippen LogP contribution >= 0.6 is 11.6 Å². The van der Waals surface area contributed by atoms with Crippen LogP contribution in [0.1, 0.15) is 90.9 Å². The van der Waals surface area contributed by atoms with Crippen LogP contribution in [-0.2, 0) is 19.1 Å². The van der Waals surface area contributed by atoms with Crippen molar-refractivity contribution in [1.82, 2.24) is 0 Å². The van der Waals surface area contributed by atoms with E-state index in [9.17, 15) is 9.59 Å². The number of carbonyl (C=O) groups is 2. The summed E-state index contributed by atoms with van der Waals surface area (Å²) in [5, 5.41) is 8.74. The number of ketones is 1. The zero-order chi connectivity index (χ0) is 24.1. The monoisotopic (exact) mass is 482 g/mol. The molecule has 1 N–H and O–H groups in total. The SMILES string of the molecule is CCCC[C@H](C)CC(=O)/C=C/[C@H]1[C@@H](C/C=C\CCCC(=O)O)[C@@H](Cl)C[C@H]1OC1CCCCO1. The van der Waals surface area contributed by atoms with Crippen molar-refractivity contribution >= 4 is 23.4 Å². The number of aliphatic carboxylic acids is 1. The minimum atomic E-state index is -0.760. The van der Waals surface area contributed by atoms with Crippen LogP contribution in [0, 0.1) is 17.8 Å². The van der Waals surface area contributed by atoms with E-state index in [1.165, 1.54) is 0 Å². The van der Waals surface area contributed by atoms with Crippen molar-refractivity contribution < 1.29 is 24.2 Å². The largest absolute Gasteiger partial charge is 0.481 e. The highest BCUT2D eigenvalue weighted by molar-refractivity contribution is 6.21. The molecule has 0 aromatic rings. The van der Waals surface area contributed by atoms with Crippen LogP contribution in [0.15, 0.2) is 24.3 Å². The molecule has 0 bridgehead atoms. The second kappa shape index (κ2) is 15.7. The predicted molar refractivity (Wildman–Crippen MR) is 132 cm³/mol. The molecule has 6 heteroatoms. The second-order valence-electron chi connectivity index (χ2n) is 9.73. The van der Waals surface area contributed by atoms with Crippen LogP contribution in [0.4, 0.5) is 0 Å². The molecule has 1 unspecified atom stereocenters. The van der Waals surface area contributed by atoms with E-state index in [1.807, 2.05) is 12.2 Å². The number of unbranched alkanes of at least 4 members (excludes halogenated alkanes) is 2. The number of halogens is 1. The van der Waals surface area contributed by atoms with Crippen LogP contribution in [0.2, 0.25) is 0 Å². The Morgan fingerprint density at radius 1 is 1.24 bits per heavy atom. The lowest BCUT2D eigenvalue weighted by Gasteiger charge is -2.29. The fourth-order valence-corrected chi connectivity index (χ4v) is 5.28. The van der Waals surface area contributed by atoms with E-state index in [0.29, 0.717) is 18.8 Å². The van der Waals surface area contributed by atoms with Crippen molar-refractivity contribution in [2.24, 2.45) is 17.8 Å². The second-order valence-corrected chi connectivity index (χ2v) is 10.3. The summed E-state index contributed by atoms with van der Waals surface area (Å²) in [5.74, 6) is 0.0592. The molecule has 0 aromatic carbocycles. The molecule has 1 aliphatic heterocycles. The molecule has 6 atom stereocenters. The number of allylic oxidation sites excluding steroid dienone is 3. The first-order valence-corrected chi connectivity index (χ1v) is 13.3. The molecule has 0 amide bonds. The van der Waals surface area contributed by atoms with Crippen LogP contribution in [0.3, 0.4) is 0 Å². The first-order valence-electron chi connectivity index (χ1n) is 12.9. The Bertz CT molecular complexity index is 640. The Morgan fingerprint density at radius 2 is 2.06 bits per heavy atom. The summed E-state index contributed by atoms with van der Waals surface area (Å²) in [6.07, 6.45) is 17.9. The van der Waals surface area contributed by atoms with Gasteiger partial charge in [0.1, 0.15) is 0 Å². The molecule has 2 rings (SSSR count). The Labute approximate surface area is 204 Å². The fraction of sp³-hybridized carbons (Fsp3) is 0.778. The molecule has 5 nitrogen and oxygen atoms in total. The van der Waals surface area contributed by atoms with Gasteiger partial charge in [0.15, 0.2) is 12.1 Å². The highest BCUT2D eigenvalue weighted by atomic mass is 35.5.